The monoisotopic (exact) mass is 525 g/mol. The standard InChI is InChI=1S/C24H21Cl2N7O3/c25-14-5-7-15(8-6-14)33-21(16-3-1-2-4-17(16)26)31-20-22(29-13-30-23(20)33)32-10-9-27-11-18(32)24(36)28-12-19(34)35/h1-8,13,18,27H,9-12H2,(H,28,36)(H,34,35). The van der Waals surface area contributed by atoms with Gasteiger partial charge in [-0.05, 0) is 36.4 Å². The van der Waals surface area contributed by atoms with Crippen LogP contribution < -0.4 is 15.5 Å². The first-order chi connectivity index (χ1) is 17.4. The van der Waals surface area contributed by atoms with Gasteiger partial charge in [0.05, 0.1) is 5.02 Å². The number of aromatic nitrogens is 4. The molecule has 10 nitrogen and oxygen atoms in total. The average Bonchev–Trinajstić information content (AvgIpc) is 3.27. The zero-order valence-electron chi connectivity index (χ0n) is 18.9. The Morgan fingerprint density at radius 2 is 1.89 bits per heavy atom. The van der Waals surface area contributed by atoms with E-state index in [1.807, 2.05) is 39.8 Å². The Bertz CT molecular complexity index is 1440. The van der Waals surface area contributed by atoms with Gasteiger partial charge >= 0.3 is 5.97 Å². The van der Waals surface area contributed by atoms with Crippen LogP contribution in [0.3, 0.4) is 0 Å². The van der Waals surface area contributed by atoms with Crippen LogP contribution in [0.1, 0.15) is 0 Å². The van der Waals surface area contributed by atoms with E-state index >= 15 is 0 Å². The van der Waals surface area contributed by atoms with Gasteiger partial charge in [0, 0.05) is 35.9 Å². The van der Waals surface area contributed by atoms with Crippen LogP contribution in [0.5, 0.6) is 0 Å². The molecule has 0 bridgehead atoms. The minimum Gasteiger partial charge on any atom is -0.480 e. The highest BCUT2D eigenvalue weighted by atomic mass is 35.5. The number of anilines is 1. The molecule has 4 aromatic rings. The molecule has 0 radical (unpaired) electrons. The maximum Gasteiger partial charge on any atom is 0.322 e. The normalized spacial score (nSPS) is 15.7. The quantitative estimate of drug-likeness (QED) is 0.350. The predicted octanol–water partition coefficient (Wildman–Crippen LogP) is 2.77. The van der Waals surface area contributed by atoms with Crippen molar-refractivity contribution < 1.29 is 14.7 Å². The van der Waals surface area contributed by atoms with Crippen molar-refractivity contribution in [1.82, 2.24) is 30.2 Å². The smallest absolute Gasteiger partial charge is 0.322 e. The third-order valence-corrected chi connectivity index (χ3v) is 6.44. The van der Waals surface area contributed by atoms with Crippen LogP contribution >= 0.6 is 23.2 Å². The summed E-state index contributed by atoms with van der Waals surface area (Å²) in [5, 5.41) is 15.7. The first kappa shape index (κ1) is 24.0. The number of carbonyl (C=O) groups is 2. The maximum atomic E-state index is 12.9. The number of carboxylic acids is 1. The van der Waals surface area contributed by atoms with Gasteiger partial charge in [0.25, 0.3) is 0 Å². The van der Waals surface area contributed by atoms with Gasteiger partial charge in [-0.2, -0.15) is 0 Å². The fourth-order valence-corrected chi connectivity index (χ4v) is 4.57. The number of carbonyl (C=O) groups excluding carboxylic acids is 1. The van der Waals surface area contributed by atoms with Crippen molar-refractivity contribution in [3.63, 3.8) is 0 Å². The van der Waals surface area contributed by atoms with Crippen molar-refractivity contribution in [2.45, 2.75) is 6.04 Å². The Kier molecular flexibility index (Phi) is 6.73. The molecule has 2 aromatic carbocycles. The summed E-state index contributed by atoms with van der Waals surface area (Å²) in [6, 6.07) is 14.0. The fraction of sp³-hybridized carbons (Fsp3) is 0.208. The van der Waals surface area contributed by atoms with Gasteiger partial charge in [0.15, 0.2) is 17.0 Å². The molecular formula is C24H21Cl2N7O3. The summed E-state index contributed by atoms with van der Waals surface area (Å²) in [7, 11) is 0. The molecule has 1 aliphatic rings. The van der Waals surface area contributed by atoms with E-state index in [0.717, 1.165) is 5.69 Å². The molecule has 184 valence electrons. The van der Waals surface area contributed by atoms with Crippen LogP contribution in [-0.2, 0) is 9.59 Å². The van der Waals surface area contributed by atoms with Crippen molar-refractivity contribution in [2.75, 3.05) is 31.1 Å². The number of fused-ring (bicyclic) bond motifs is 1. The van der Waals surface area contributed by atoms with E-state index < -0.39 is 24.5 Å². The minimum atomic E-state index is -1.12. The van der Waals surface area contributed by atoms with E-state index in [2.05, 4.69) is 20.6 Å². The summed E-state index contributed by atoms with van der Waals surface area (Å²) in [5.41, 5.74) is 2.49. The molecule has 5 rings (SSSR count). The first-order valence-electron chi connectivity index (χ1n) is 11.1. The van der Waals surface area contributed by atoms with Crippen molar-refractivity contribution in [2.24, 2.45) is 0 Å². The number of nitrogens with zero attached hydrogens (tertiary/aromatic N) is 5. The topological polar surface area (TPSA) is 125 Å². The molecule has 1 fully saturated rings. The molecule has 3 heterocycles. The van der Waals surface area contributed by atoms with Gasteiger partial charge in [-0.25, -0.2) is 15.0 Å². The largest absolute Gasteiger partial charge is 0.480 e. The number of halogens is 2. The Morgan fingerprint density at radius 3 is 2.64 bits per heavy atom. The number of rotatable bonds is 6. The zero-order chi connectivity index (χ0) is 25.2. The summed E-state index contributed by atoms with van der Waals surface area (Å²) in [5.74, 6) is -0.506. The lowest BCUT2D eigenvalue weighted by atomic mass is 10.1. The maximum absolute atomic E-state index is 12.9. The van der Waals surface area contributed by atoms with Crippen LogP contribution in [0.4, 0.5) is 5.82 Å². The Labute approximate surface area is 215 Å². The second-order valence-electron chi connectivity index (χ2n) is 8.12. The summed E-state index contributed by atoms with van der Waals surface area (Å²) in [6.45, 7) is 0.937. The number of hydrogen-bond acceptors (Lipinski definition) is 7. The molecule has 0 spiro atoms. The van der Waals surface area contributed by atoms with E-state index in [0.29, 0.717) is 58.0 Å². The Balaban J connectivity index is 1.68. The van der Waals surface area contributed by atoms with Crippen LogP contribution in [0.25, 0.3) is 28.2 Å². The molecule has 3 N–H and O–H groups in total. The van der Waals surface area contributed by atoms with Gasteiger partial charge in [-0.3, -0.25) is 14.2 Å². The van der Waals surface area contributed by atoms with Crippen molar-refractivity contribution >= 4 is 52.1 Å². The van der Waals surface area contributed by atoms with Gasteiger partial charge in [-0.15, -0.1) is 0 Å². The molecule has 1 saturated heterocycles. The highest BCUT2D eigenvalue weighted by Crippen LogP contribution is 2.35. The SMILES string of the molecule is O=C(O)CNC(=O)C1CNCCN1c1ncnc2c1nc(-c1ccccc1Cl)n2-c1ccc(Cl)cc1. The lowest BCUT2D eigenvalue weighted by Gasteiger charge is -2.35. The Morgan fingerprint density at radius 1 is 1.11 bits per heavy atom. The molecule has 1 aliphatic heterocycles. The first-order valence-corrected chi connectivity index (χ1v) is 11.9. The highest BCUT2D eigenvalue weighted by molar-refractivity contribution is 6.33. The van der Waals surface area contributed by atoms with Gasteiger partial charge in [0.1, 0.15) is 24.7 Å². The number of imidazole rings is 1. The van der Waals surface area contributed by atoms with Gasteiger partial charge in [0.2, 0.25) is 5.91 Å². The predicted molar refractivity (Wildman–Crippen MR) is 137 cm³/mol. The number of nitrogens with one attached hydrogen (secondary N) is 2. The minimum absolute atomic E-state index is 0.326. The summed E-state index contributed by atoms with van der Waals surface area (Å²) >= 11 is 12.7. The average molecular weight is 526 g/mol. The molecular weight excluding hydrogens is 505 g/mol. The van der Waals surface area contributed by atoms with E-state index in [-0.39, 0.29) is 0 Å². The number of carboxylic acid groups (broad SMARTS) is 1. The van der Waals surface area contributed by atoms with Gasteiger partial charge < -0.3 is 20.6 Å². The molecule has 1 unspecified atom stereocenters. The third kappa shape index (κ3) is 4.58. The summed E-state index contributed by atoms with van der Waals surface area (Å²) < 4.78 is 1.87. The highest BCUT2D eigenvalue weighted by Gasteiger charge is 2.32. The van der Waals surface area contributed by atoms with E-state index in [1.54, 1.807) is 18.2 Å². The van der Waals surface area contributed by atoms with Gasteiger partial charge in [-0.1, -0.05) is 35.3 Å². The number of benzene rings is 2. The molecule has 2 aromatic heterocycles. The second-order valence-corrected chi connectivity index (χ2v) is 8.97. The Hall–Kier alpha value is -3.73. The molecule has 0 aliphatic carbocycles. The van der Waals surface area contributed by atoms with Crippen molar-refractivity contribution in [1.29, 1.82) is 0 Å². The molecule has 1 amide bonds. The lowest BCUT2D eigenvalue weighted by Crippen LogP contribution is -2.58. The molecule has 12 heteroatoms. The van der Waals surface area contributed by atoms with Crippen LogP contribution in [0.15, 0.2) is 54.9 Å². The van der Waals surface area contributed by atoms with E-state index in [1.165, 1.54) is 6.33 Å². The summed E-state index contributed by atoms with van der Waals surface area (Å²) in [6.07, 6.45) is 1.43. The van der Waals surface area contributed by atoms with E-state index in [4.69, 9.17) is 33.3 Å². The van der Waals surface area contributed by atoms with Crippen LogP contribution in [0.2, 0.25) is 10.0 Å². The molecule has 0 saturated carbocycles. The van der Waals surface area contributed by atoms with Crippen LogP contribution in [0, 0.1) is 0 Å². The fourth-order valence-electron chi connectivity index (χ4n) is 4.22. The van der Waals surface area contributed by atoms with E-state index in [9.17, 15) is 9.59 Å². The molecule has 1 atom stereocenters. The summed E-state index contributed by atoms with van der Waals surface area (Å²) in [4.78, 5) is 39.6. The number of hydrogen-bond donors (Lipinski definition) is 3. The van der Waals surface area contributed by atoms with Crippen LogP contribution in [-0.4, -0.2) is 68.7 Å². The lowest BCUT2D eigenvalue weighted by molar-refractivity contribution is -0.138. The number of amides is 1. The number of aliphatic carboxylic acids is 1. The van der Waals surface area contributed by atoms with Crippen molar-refractivity contribution in [3.05, 3.63) is 64.9 Å². The molecule has 36 heavy (non-hydrogen) atoms. The second kappa shape index (κ2) is 10.1. The third-order valence-electron chi connectivity index (χ3n) is 5.86. The zero-order valence-corrected chi connectivity index (χ0v) is 20.4. The number of piperazine rings is 1. The van der Waals surface area contributed by atoms with Crippen molar-refractivity contribution in [3.8, 4) is 17.1 Å².